The first kappa shape index (κ1) is 15.4. The van der Waals surface area contributed by atoms with E-state index < -0.39 is 0 Å². The Bertz CT molecular complexity index is 425. The summed E-state index contributed by atoms with van der Waals surface area (Å²) in [5.74, 6) is 0.918. The third kappa shape index (κ3) is 4.51. The first-order valence-corrected chi connectivity index (χ1v) is 9.56. The first-order chi connectivity index (χ1) is 10.3. The van der Waals surface area contributed by atoms with Crippen LogP contribution in [0.4, 0.5) is 0 Å². The second-order valence-electron chi connectivity index (χ2n) is 6.75. The molecule has 3 nitrogen and oxygen atoms in total. The zero-order valence-electron chi connectivity index (χ0n) is 13.3. The maximum atomic E-state index is 4.60. The number of nitrogens with zero attached hydrogens (tertiary/aromatic N) is 2. The molecule has 1 aromatic heterocycles. The van der Waals surface area contributed by atoms with Crippen LogP contribution >= 0.6 is 11.3 Å². The van der Waals surface area contributed by atoms with Crippen molar-refractivity contribution in [2.75, 3.05) is 26.2 Å². The summed E-state index contributed by atoms with van der Waals surface area (Å²) >= 11 is 1.82. The second-order valence-corrected chi connectivity index (χ2v) is 7.69. The van der Waals surface area contributed by atoms with Gasteiger partial charge in [0.1, 0.15) is 0 Å². The highest BCUT2D eigenvalue weighted by molar-refractivity contribution is 7.09. The molecule has 0 spiro atoms. The maximum absolute atomic E-state index is 4.60. The standard InChI is InChI=1S/C17H29N3S/c1-14-13-21-17(19-14)8-11-20-10-5-9-18-16(12-20)15-6-3-2-4-7-15/h13,15-16,18H,2-12H2,1H3. The van der Waals surface area contributed by atoms with Crippen LogP contribution in [0.3, 0.4) is 0 Å². The molecule has 0 aromatic carbocycles. The van der Waals surface area contributed by atoms with Gasteiger partial charge in [-0.15, -0.1) is 11.3 Å². The van der Waals surface area contributed by atoms with Crippen molar-refractivity contribution in [3.05, 3.63) is 16.1 Å². The Morgan fingerprint density at radius 1 is 1.29 bits per heavy atom. The van der Waals surface area contributed by atoms with Crippen molar-refractivity contribution in [1.29, 1.82) is 0 Å². The number of nitrogens with one attached hydrogen (secondary N) is 1. The molecule has 0 amide bonds. The third-order valence-corrected chi connectivity index (χ3v) is 6.07. The van der Waals surface area contributed by atoms with E-state index >= 15 is 0 Å². The minimum absolute atomic E-state index is 0.728. The molecule has 2 fully saturated rings. The molecule has 2 aliphatic rings. The molecule has 1 unspecified atom stereocenters. The van der Waals surface area contributed by atoms with Crippen LogP contribution in [-0.2, 0) is 6.42 Å². The molecule has 1 aromatic rings. The van der Waals surface area contributed by atoms with E-state index in [0.717, 1.165) is 18.4 Å². The quantitative estimate of drug-likeness (QED) is 0.925. The molecular formula is C17H29N3S. The van der Waals surface area contributed by atoms with E-state index in [9.17, 15) is 0 Å². The van der Waals surface area contributed by atoms with Crippen molar-refractivity contribution in [3.63, 3.8) is 0 Å². The molecule has 1 aliphatic carbocycles. The van der Waals surface area contributed by atoms with Crippen molar-refractivity contribution >= 4 is 11.3 Å². The van der Waals surface area contributed by atoms with Crippen LogP contribution in [0.25, 0.3) is 0 Å². The van der Waals surface area contributed by atoms with Crippen molar-refractivity contribution in [2.24, 2.45) is 5.92 Å². The number of rotatable bonds is 4. The Morgan fingerprint density at radius 2 is 2.14 bits per heavy atom. The van der Waals surface area contributed by atoms with Crippen LogP contribution in [0.5, 0.6) is 0 Å². The minimum Gasteiger partial charge on any atom is -0.312 e. The summed E-state index contributed by atoms with van der Waals surface area (Å²) in [5, 5.41) is 7.30. The summed E-state index contributed by atoms with van der Waals surface area (Å²) in [5.41, 5.74) is 1.17. The van der Waals surface area contributed by atoms with E-state index in [-0.39, 0.29) is 0 Å². The highest BCUT2D eigenvalue weighted by Gasteiger charge is 2.26. The molecule has 0 radical (unpaired) electrons. The Hall–Kier alpha value is -0.450. The van der Waals surface area contributed by atoms with E-state index in [1.807, 2.05) is 11.3 Å². The van der Waals surface area contributed by atoms with Crippen LogP contribution in [0.15, 0.2) is 5.38 Å². The normalized spacial score (nSPS) is 25.9. The number of aryl methyl sites for hydroxylation is 1. The van der Waals surface area contributed by atoms with Gasteiger partial charge in [-0.3, -0.25) is 0 Å². The van der Waals surface area contributed by atoms with Gasteiger partial charge < -0.3 is 10.2 Å². The van der Waals surface area contributed by atoms with Gasteiger partial charge in [0.05, 0.1) is 5.01 Å². The number of thiazole rings is 1. The predicted octanol–water partition coefficient (Wildman–Crippen LogP) is 3.24. The van der Waals surface area contributed by atoms with Crippen LogP contribution in [0.1, 0.15) is 49.2 Å². The van der Waals surface area contributed by atoms with Crippen molar-refractivity contribution in [3.8, 4) is 0 Å². The summed E-state index contributed by atoms with van der Waals surface area (Å²) in [7, 11) is 0. The zero-order valence-corrected chi connectivity index (χ0v) is 14.1. The van der Waals surface area contributed by atoms with Gasteiger partial charge in [-0.25, -0.2) is 4.98 Å². The maximum Gasteiger partial charge on any atom is 0.0940 e. The van der Waals surface area contributed by atoms with Crippen LogP contribution < -0.4 is 5.32 Å². The smallest absolute Gasteiger partial charge is 0.0940 e. The highest BCUT2D eigenvalue weighted by atomic mass is 32.1. The predicted molar refractivity (Wildman–Crippen MR) is 90.0 cm³/mol. The lowest BCUT2D eigenvalue weighted by molar-refractivity contribution is 0.207. The summed E-state index contributed by atoms with van der Waals surface area (Å²) < 4.78 is 0. The summed E-state index contributed by atoms with van der Waals surface area (Å²) in [4.78, 5) is 7.28. The summed E-state index contributed by atoms with van der Waals surface area (Å²) in [6.07, 6.45) is 9.64. The Kier molecular flexibility index (Phi) is 5.67. The Balaban J connectivity index is 1.51. The van der Waals surface area contributed by atoms with E-state index in [4.69, 9.17) is 0 Å². The molecule has 4 heteroatoms. The van der Waals surface area contributed by atoms with Gasteiger partial charge in [-0.05, 0) is 45.2 Å². The van der Waals surface area contributed by atoms with Crippen molar-refractivity contribution in [1.82, 2.24) is 15.2 Å². The fourth-order valence-electron chi connectivity index (χ4n) is 3.85. The molecule has 1 saturated heterocycles. The van der Waals surface area contributed by atoms with Crippen molar-refractivity contribution < 1.29 is 0 Å². The molecule has 1 aliphatic heterocycles. The largest absolute Gasteiger partial charge is 0.312 e. The molecule has 118 valence electrons. The second kappa shape index (κ2) is 7.70. The average molecular weight is 308 g/mol. The molecular weight excluding hydrogens is 278 g/mol. The van der Waals surface area contributed by atoms with Gasteiger partial charge in [0.2, 0.25) is 0 Å². The van der Waals surface area contributed by atoms with Gasteiger partial charge in [0, 0.05) is 36.6 Å². The van der Waals surface area contributed by atoms with Crippen LogP contribution in [0, 0.1) is 12.8 Å². The fraction of sp³-hybridized carbons (Fsp3) is 0.824. The van der Waals surface area contributed by atoms with Gasteiger partial charge in [0.15, 0.2) is 0 Å². The summed E-state index contributed by atoms with van der Waals surface area (Å²) in [6, 6.07) is 0.728. The van der Waals surface area contributed by atoms with E-state index in [1.165, 1.54) is 75.4 Å². The van der Waals surface area contributed by atoms with E-state index in [0.29, 0.717) is 0 Å². The Labute approximate surface area is 133 Å². The molecule has 1 saturated carbocycles. The lowest BCUT2D eigenvalue weighted by Crippen LogP contribution is -2.44. The third-order valence-electron chi connectivity index (χ3n) is 5.04. The highest BCUT2D eigenvalue weighted by Crippen LogP contribution is 2.27. The lowest BCUT2D eigenvalue weighted by atomic mass is 9.83. The van der Waals surface area contributed by atoms with Crippen LogP contribution in [0.2, 0.25) is 0 Å². The van der Waals surface area contributed by atoms with Crippen molar-refractivity contribution in [2.45, 2.75) is 57.9 Å². The van der Waals surface area contributed by atoms with Gasteiger partial charge in [-0.1, -0.05) is 19.3 Å². The first-order valence-electron chi connectivity index (χ1n) is 8.68. The number of aromatic nitrogens is 1. The molecule has 2 heterocycles. The molecule has 0 bridgehead atoms. The SMILES string of the molecule is Cc1csc(CCN2CCCNC(C3CCCCC3)C2)n1. The van der Waals surface area contributed by atoms with Crippen LogP contribution in [-0.4, -0.2) is 42.1 Å². The minimum atomic E-state index is 0.728. The monoisotopic (exact) mass is 307 g/mol. The molecule has 3 rings (SSSR count). The number of hydrogen-bond acceptors (Lipinski definition) is 4. The molecule has 1 N–H and O–H groups in total. The fourth-order valence-corrected chi connectivity index (χ4v) is 4.62. The van der Waals surface area contributed by atoms with Gasteiger partial charge >= 0.3 is 0 Å². The van der Waals surface area contributed by atoms with E-state index in [1.54, 1.807) is 0 Å². The molecule has 1 atom stereocenters. The zero-order chi connectivity index (χ0) is 14.5. The Morgan fingerprint density at radius 3 is 2.90 bits per heavy atom. The van der Waals surface area contributed by atoms with Gasteiger partial charge in [-0.2, -0.15) is 0 Å². The average Bonchev–Trinajstić information content (AvgIpc) is 2.79. The lowest BCUT2D eigenvalue weighted by Gasteiger charge is -2.32. The van der Waals surface area contributed by atoms with Gasteiger partial charge in [0.25, 0.3) is 0 Å². The topological polar surface area (TPSA) is 28.2 Å². The van der Waals surface area contributed by atoms with E-state index in [2.05, 4.69) is 27.5 Å². The number of hydrogen-bond donors (Lipinski definition) is 1. The molecule has 21 heavy (non-hydrogen) atoms. The summed E-state index contributed by atoms with van der Waals surface area (Å²) in [6.45, 7) is 6.97.